The standard InChI is InChI=1S/C20H19NO2S2/c1-3-23-20(22)18-12-25-19(21-18)13-24-17-10-8-16(9-11-17)15-6-4-14(2)5-7-15/h4-12H,3,13H2,1-2H3. The number of aromatic nitrogens is 1. The van der Waals surface area contributed by atoms with Gasteiger partial charge in [0.15, 0.2) is 5.69 Å². The Morgan fingerprint density at radius 2 is 1.72 bits per heavy atom. The molecular formula is C20H19NO2S2. The Morgan fingerprint density at radius 3 is 2.36 bits per heavy atom. The Hall–Kier alpha value is -2.11. The number of esters is 1. The molecule has 25 heavy (non-hydrogen) atoms. The average molecular weight is 370 g/mol. The Labute approximate surface area is 156 Å². The third-order valence-electron chi connectivity index (χ3n) is 3.64. The van der Waals surface area contributed by atoms with Gasteiger partial charge in [-0.25, -0.2) is 9.78 Å². The lowest BCUT2D eigenvalue weighted by Crippen LogP contribution is -2.04. The molecule has 5 heteroatoms. The minimum atomic E-state index is -0.350. The van der Waals surface area contributed by atoms with Crippen LogP contribution in [0.4, 0.5) is 0 Å². The zero-order valence-electron chi connectivity index (χ0n) is 14.2. The summed E-state index contributed by atoms with van der Waals surface area (Å²) in [7, 11) is 0. The second kappa shape index (κ2) is 8.32. The fourth-order valence-electron chi connectivity index (χ4n) is 2.31. The van der Waals surface area contributed by atoms with Crippen LogP contribution < -0.4 is 0 Å². The maximum Gasteiger partial charge on any atom is 0.357 e. The van der Waals surface area contributed by atoms with Gasteiger partial charge in [-0.3, -0.25) is 0 Å². The van der Waals surface area contributed by atoms with E-state index in [0.717, 1.165) is 10.8 Å². The van der Waals surface area contributed by atoms with E-state index in [1.807, 2.05) is 0 Å². The molecule has 0 aliphatic rings. The summed E-state index contributed by atoms with van der Waals surface area (Å²) in [6.45, 7) is 4.25. The largest absolute Gasteiger partial charge is 0.461 e. The molecule has 0 spiro atoms. The minimum absolute atomic E-state index is 0.350. The zero-order chi connectivity index (χ0) is 17.6. The van der Waals surface area contributed by atoms with Crippen molar-refractivity contribution in [1.29, 1.82) is 0 Å². The molecule has 2 aromatic carbocycles. The van der Waals surface area contributed by atoms with Crippen LogP contribution in [0.25, 0.3) is 11.1 Å². The topological polar surface area (TPSA) is 39.2 Å². The maximum absolute atomic E-state index is 11.6. The number of benzene rings is 2. The molecule has 3 aromatic rings. The molecule has 0 N–H and O–H groups in total. The van der Waals surface area contributed by atoms with Crippen LogP contribution >= 0.6 is 23.1 Å². The van der Waals surface area contributed by atoms with Crippen molar-refractivity contribution in [2.45, 2.75) is 24.5 Å². The summed E-state index contributed by atoms with van der Waals surface area (Å²) in [5, 5.41) is 2.68. The normalized spacial score (nSPS) is 10.6. The molecule has 0 amide bonds. The Kier molecular flexibility index (Phi) is 5.89. The number of rotatable bonds is 6. The highest BCUT2D eigenvalue weighted by molar-refractivity contribution is 7.98. The monoisotopic (exact) mass is 369 g/mol. The van der Waals surface area contributed by atoms with Gasteiger partial charge in [0.05, 0.1) is 12.4 Å². The van der Waals surface area contributed by atoms with Gasteiger partial charge in [0.1, 0.15) is 5.01 Å². The Morgan fingerprint density at radius 1 is 1.08 bits per heavy atom. The molecule has 0 radical (unpaired) electrons. The molecule has 1 aromatic heterocycles. The molecule has 0 atom stereocenters. The first-order chi connectivity index (χ1) is 12.2. The number of hydrogen-bond acceptors (Lipinski definition) is 5. The number of aryl methyl sites for hydroxylation is 1. The number of hydrogen-bond donors (Lipinski definition) is 0. The number of thioether (sulfide) groups is 1. The summed E-state index contributed by atoms with van der Waals surface area (Å²) in [4.78, 5) is 17.2. The van der Waals surface area contributed by atoms with E-state index in [2.05, 4.69) is 60.4 Å². The fourth-order valence-corrected chi connectivity index (χ4v) is 3.99. The van der Waals surface area contributed by atoms with Gasteiger partial charge in [0.2, 0.25) is 0 Å². The van der Waals surface area contributed by atoms with Crippen LogP contribution in [0.15, 0.2) is 58.8 Å². The summed E-state index contributed by atoms with van der Waals surface area (Å²) in [5.41, 5.74) is 4.10. The van der Waals surface area contributed by atoms with Crippen LogP contribution in [0.1, 0.15) is 28.0 Å². The highest BCUT2D eigenvalue weighted by atomic mass is 32.2. The van der Waals surface area contributed by atoms with Crippen LogP contribution in [0, 0.1) is 6.92 Å². The first kappa shape index (κ1) is 17.7. The van der Waals surface area contributed by atoms with Crippen molar-refractivity contribution in [1.82, 2.24) is 4.98 Å². The van der Waals surface area contributed by atoms with E-state index in [-0.39, 0.29) is 5.97 Å². The molecule has 3 rings (SSSR count). The van der Waals surface area contributed by atoms with Crippen LogP contribution in [-0.2, 0) is 10.5 Å². The maximum atomic E-state index is 11.6. The van der Waals surface area contributed by atoms with Gasteiger partial charge >= 0.3 is 5.97 Å². The van der Waals surface area contributed by atoms with Gasteiger partial charge in [-0.1, -0.05) is 42.0 Å². The van der Waals surface area contributed by atoms with Gasteiger partial charge in [-0.2, -0.15) is 0 Å². The minimum Gasteiger partial charge on any atom is -0.461 e. The Balaban J connectivity index is 1.60. The zero-order valence-corrected chi connectivity index (χ0v) is 15.8. The number of carbonyl (C=O) groups is 1. The van der Waals surface area contributed by atoms with E-state index in [0.29, 0.717) is 12.3 Å². The second-order valence-corrected chi connectivity index (χ2v) is 7.52. The van der Waals surface area contributed by atoms with E-state index in [1.54, 1.807) is 24.1 Å². The third-order valence-corrected chi connectivity index (χ3v) is 5.69. The molecule has 128 valence electrons. The number of thiazole rings is 1. The third kappa shape index (κ3) is 4.71. The molecule has 0 bridgehead atoms. The lowest BCUT2D eigenvalue weighted by atomic mass is 10.0. The number of nitrogens with zero attached hydrogens (tertiary/aromatic N) is 1. The van der Waals surface area contributed by atoms with Crippen molar-refractivity contribution < 1.29 is 9.53 Å². The predicted molar refractivity (Wildman–Crippen MR) is 104 cm³/mol. The second-order valence-electron chi connectivity index (χ2n) is 5.53. The smallest absolute Gasteiger partial charge is 0.357 e. The Bertz CT molecular complexity index is 839. The van der Waals surface area contributed by atoms with E-state index in [4.69, 9.17) is 4.74 Å². The highest BCUT2D eigenvalue weighted by Crippen LogP contribution is 2.27. The highest BCUT2D eigenvalue weighted by Gasteiger charge is 2.11. The van der Waals surface area contributed by atoms with Crippen LogP contribution in [-0.4, -0.2) is 17.6 Å². The first-order valence-electron chi connectivity index (χ1n) is 8.07. The van der Waals surface area contributed by atoms with Gasteiger partial charge in [0, 0.05) is 10.3 Å². The number of ether oxygens (including phenoxy) is 1. The lowest BCUT2D eigenvalue weighted by Gasteiger charge is -2.04. The van der Waals surface area contributed by atoms with Crippen molar-refractivity contribution >= 4 is 29.1 Å². The van der Waals surface area contributed by atoms with Gasteiger partial charge < -0.3 is 4.74 Å². The quantitative estimate of drug-likeness (QED) is 0.419. The van der Waals surface area contributed by atoms with Crippen molar-refractivity contribution in [2.75, 3.05) is 6.61 Å². The average Bonchev–Trinajstić information content (AvgIpc) is 3.11. The first-order valence-corrected chi connectivity index (χ1v) is 9.93. The SMILES string of the molecule is CCOC(=O)c1csc(CSc2ccc(-c3ccc(C)cc3)cc2)n1. The summed E-state index contributed by atoms with van der Waals surface area (Å²) < 4.78 is 4.97. The van der Waals surface area contributed by atoms with Crippen LogP contribution in [0.5, 0.6) is 0 Å². The van der Waals surface area contributed by atoms with Gasteiger partial charge in [0.25, 0.3) is 0 Å². The number of carbonyl (C=O) groups excluding carboxylic acids is 1. The van der Waals surface area contributed by atoms with Crippen LogP contribution in [0.2, 0.25) is 0 Å². The van der Waals surface area contributed by atoms with Crippen molar-refractivity contribution in [3.05, 3.63) is 70.2 Å². The fraction of sp³-hybridized carbons (Fsp3) is 0.200. The van der Waals surface area contributed by atoms with Crippen LogP contribution in [0.3, 0.4) is 0 Å². The van der Waals surface area contributed by atoms with E-state index >= 15 is 0 Å². The summed E-state index contributed by atoms with van der Waals surface area (Å²) in [6, 6.07) is 17.1. The molecule has 0 aliphatic heterocycles. The molecule has 0 saturated heterocycles. The summed E-state index contributed by atoms with van der Waals surface area (Å²) >= 11 is 3.21. The van der Waals surface area contributed by atoms with Gasteiger partial charge in [-0.15, -0.1) is 23.1 Å². The predicted octanol–water partition coefficient (Wildman–Crippen LogP) is 5.59. The van der Waals surface area contributed by atoms with Crippen molar-refractivity contribution in [3.63, 3.8) is 0 Å². The molecule has 0 fully saturated rings. The molecule has 3 nitrogen and oxygen atoms in total. The van der Waals surface area contributed by atoms with E-state index < -0.39 is 0 Å². The van der Waals surface area contributed by atoms with Crippen molar-refractivity contribution in [3.8, 4) is 11.1 Å². The molecular weight excluding hydrogens is 350 g/mol. The van der Waals surface area contributed by atoms with E-state index in [9.17, 15) is 4.79 Å². The van der Waals surface area contributed by atoms with E-state index in [1.165, 1.54) is 32.9 Å². The molecule has 0 unspecified atom stereocenters. The summed E-state index contributed by atoms with van der Waals surface area (Å²) in [5.74, 6) is 0.394. The lowest BCUT2D eigenvalue weighted by molar-refractivity contribution is 0.0520. The molecule has 0 aliphatic carbocycles. The molecule has 0 saturated carbocycles. The summed E-state index contributed by atoms with van der Waals surface area (Å²) in [6.07, 6.45) is 0. The molecule has 1 heterocycles. The van der Waals surface area contributed by atoms with Gasteiger partial charge in [-0.05, 0) is 37.1 Å². The van der Waals surface area contributed by atoms with Crippen molar-refractivity contribution in [2.24, 2.45) is 0 Å².